The normalized spacial score (nSPS) is 10.7. The highest BCUT2D eigenvalue weighted by atomic mass is 127. The molecule has 0 aliphatic carbocycles. The lowest BCUT2D eigenvalue weighted by Crippen LogP contribution is -2.43. The van der Waals surface area contributed by atoms with Crippen molar-refractivity contribution in [3.8, 4) is 0 Å². The van der Waals surface area contributed by atoms with Crippen molar-refractivity contribution in [3.63, 3.8) is 0 Å². The molecule has 8 heteroatoms. The fourth-order valence-electron chi connectivity index (χ4n) is 2.59. The van der Waals surface area contributed by atoms with Crippen LogP contribution in [-0.4, -0.2) is 57.5 Å². The zero-order valence-corrected chi connectivity index (χ0v) is 20.1. The van der Waals surface area contributed by atoms with Crippen molar-refractivity contribution in [2.75, 3.05) is 45.7 Å². The molecule has 0 heterocycles. The van der Waals surface area contributed by atoms with E-state index in [4.69, 9.17) is 0 Å². The van der Waals surface area contributed by atoms with Gasteiger partial charge in [0, 0.05) is 39.9 Å². The highest BCUT2D eigenvalue weighted by Gasteiger charge is 2.06. The van der Waals surface area contributed by atoms with Crippen molar-refractivity contribution in [2.24, 2.45) is 4.99 Å². The number of nitrogens with one attached hydrogen (secondary N) is 2. The largest absolute Gasteiger partial charge is 0.375 e. The highest BCUT2D eigenvalue weighted by Crippen LogP contribution is 2.10. The molecule has 2 aromatic rings. The van der Waals surface area contributed by atoms with E-state index in [0.717, 1.165) is 18.5 Å². The number of guanidine groups is 1. The molecule has 0 aliphatic rings. The Bertz CT molecular complexity index is 784. The van der Waals surface area contributed by atoms with Crippen LogP contribution in [0.3, 0.4) is 0 Å². The highest BCUT2D eigenvalue weighted by molar-refractivity contribution is 14.0. The van der Waals surface area contributed by atoms with E-state index in [1.807, 2.05) is 18.2 Å². The average Bonchev–Trinajstić information content (AvgIpc) is 2.73. The third-order valence-corrected chi connectivity index (χ3v) is 4.40. The molecule has 0 spiro atoms. The number of hydrogen-bond acceptors (Lipinski definition) is 3. The number of para-hydroxylation sites is 1. The summed E-state index contributed by atoms with van der Waals surface area (Å²) in [5.41, 5.74) is 2.07. The second kappa shape index (κ2) is 13.8. The van der Waals surface area contributed by atoms with Crippen molar-refractivity contribution in [2.45, 2.75) is 13.0 Å². The Hall–Kier alpha value is -2.36. The number of carbonyl (C=O) groups is 1. The molecule has 6 nitrogen and oxygen atoms in total. The number of likely N-dealkylation sites (N-methyl/N-ethyl adjacent to an activating group) is 1. The topological polar surface area (TPSA) is 60.0 Å². The van der Waals surface area contributed by atoms with E-state index in [-0.39, 0.29) is 42.2 Å². The lowest BCUT2D eigenvalue weighted by Gasteiger charge is -2.20. The first-order valence-electron chi connectivity index (χ1n) is 9.68. The van der Waals surface area contributed by atoms with E-state index < -0.39 is 0 Å². The Morgan fingerprint density at radius 3 is 2.30 bits per heavy atom. The van der Waals surface area contributed by atoms with Gasteiger partial charge in [0.15, 0.2) is 5.96 Å². The maximum Gasteiger partial charge on any atom is 0.241 e. The Morgan fingerprint density at radius 1 is 1.00 bits per heavy atom. The van der Waals surface area contributed by atoms with Crippen LogP contribution in [0.25, 0.3) is 0 Å². The molecule has 30 heavy (non-hydrogen) atoms. The summed E-state index contributed by atoms with van der Waals surface area (Å²) < 4.78 is 13.1. The van der Waals surface area contributed by atoms with Crippen LogP contribution in [0.5, 0.6) is 0 Å². The van der Waals surface area contributed by atoms with Gasteiger partial charge in [-0.3, -0.25) is 4.79 Å². The summed E-state index contributed by atoms with van der Waals surface area (Å²) in [7, 11) is 5.49. The van der Waals surface area contributed by atoms with Gasteiger partial charge in [-0.15, -0.1) is 24.0 Å². The summed E-state index contributed by atoms with van der Waals surface area (Å²) in [6.07, 6.45) is 0.907. The smallest absolute Gasteiger partial charge is 0.241 e. The molecule has 0 radical (unpaired) electrons. The summed E-state index contributed by atoms with van der Waals surface area (Å²) >= 11 is 0. The predicted octanol–water partition coefficient (Wildman–Crippen LogP) is 3.09. The third kappa shape index (κ3) is 9.43. The van der Waals surface area contributed by atoms with Gasteiger partial charge in [-0.05, 0) is 36.2 Å². The van der Waals surface area contributed by atoms with E-state index in [1.54, 1.807) is 26.2 Å². The number of anilines is 1. The quantitative estimate of drug-likeness (QED) is 0.228. The number of benzene rings is 2. The standard InChI is InChI=1S/C22H30FN5O.HI/c1-27(2)21(29)17-26-22(25-16-18-10-12-19(23)13-11-18)24-14-7-15-28(3)20-8-5-4-6-9-20;/h4-6,8-13H,7,14-17H2,1-3H3,(H2,24,25,26);1H. The van der Waals surface area contributed by atoms with E-state index in [1.165, 1.54) is 22.7 Å². The van der Waals surface area contributed by atoms with Gasteiger partial charge < -0.3 is 20.4 Å². The van der Waals surface area contributed by atoms with Crippen LogP contribution in [0.4, 0.5) is 10.1 Å². The molecule has 0 atom stereocenters. The fourth-order valence-corrected chi connectivity index (χ4v) is 2.59. The second-order valence-corrected chi connectivity index (χ2v) is 6.97. The second-order valence-electron chi connectivity index (χ2n) is 6.97. The number of carbonyl (C=O) groups excluding carboxylic acids is 1. The van der Waals surface area contributed by atoms with Crippen LogP contribution < -0.4 is 15.5 Å². The van der Waals surface area contributed by atoms with E-state index in [9.17, 15) is 9.18 Å². The third-order valence-electron chi connectivity index (χ3n) is 4.40. The van der Waals surface area contributed by atoms with Gasteiger partial charge in [-0.2, -0.15) is 0 Å². The SMILES string of the molecule is CN(C)C(=O)CNC(=NCc1ccc(F)cc1)NCCCN(C)c1ccccc1.I. The molecule has 2 N–H and O–H groups in total. The Kier molecular flexibility index (Phi) is 11.8. The maximum absolute atomic E-state index is 13.1. The van der Waals surface area contributed by atoms with Crippen molar-refractivity contribution in [1.82, 2.24) is 15.5 Å². The molecule has 2 aromatic carbocycles. The first-order valence-corrected chi connectivity index (χ1v) is 9.68. The van der Waals surface area contributed by atoms with Crippen LogP contribution >= 0.6 is 24.0 Å². The Labute approximate surface area is 195 Å². The van der Waals surface area contributed by atoms with E-state index >= 15 is 0 Å². The zero-order valence-electron chi connectivity index (χ0n) is 17.8. The number of hydrogen-bond donors (Lipinski definition) is 2. The number of nitrogens with zero attached hydrogens (tertiary/aromatic N) is 3. The van der Waals surface area contributed by atoms with Crippen LogP contribution in [0.2, 0.25) is 0 Å². The van der Waals surface area contributed by atoms with Crippen LogP contribution in [0.15, 0.2) is 59.6 Å². The average molecular weight is 527 g/mol. The molecule has 0 saturated heterocycles. The summed E-state index contributed by atoms with van der Waals surface area (Å²) in [5.74, 6) is 0.255. The summed E-state index contributed by atoms with van der Waals surface area (Å²) in [5, 5.41) is 6.33. The monoisotopic (exact) mass is 527 g/mol. The van der Waals surface area contributed by atoms with E-state index in [0.29, 0.717) is 19.0 Å². The van der Waals surface area contributed by atoms with Gasteiger partial charge in [0.1, 0.15) is 5.82 Å². The molecule has 2 rings (SSSR count). The molecule has 0 aliphatic heterocycles. The lowest BCUT2D eigenvalue weighted by atomic mass is 10.2. The molecule has 0 unspecified atom stereocenters. The van der Waals surface area contributed by atoms with Gasteiger partial charge in [0.25, 0.3) is 0 Å². The number of halogens is 2. The van der Waals surface area contributed by atoms with Gasteiger partial charge in [-0.1, -0.05) is 30.3 Å². The number of rotatable bonds is 9. The first-order chi connectivity index (χ1) is 14.0. The summed E-state index contributed by atoms with van der Waals surface area (Å²) in [6, 6.07) is 16.5. The minimum absolute atomic E-state index is 0. The van der Waals surface area contributed by atoms with Crippen LogP contribution in [-0.2, 0) is 11.3 Å². The molecule has 0 saturated carbocycles. The van der Waals surface area contributed by atoms with Gasteiger partial charge in [0.05, 0.1) is 13.1 Å². The molecular formula is C22H31FIN5O. The maximum atomic E-state index is 13.1. The summed E-state index contributed by atoms with van der Waals surface area (Å²) in [4.78, 5) is 20.1. The minimum atomic E-state index is -0.270. The van der Waals surface area contributed by atoms with Gasteiger partial charge >= 0.3 is 0 Å². The van der Waals surface area contributed by atoms with Crippen LogP contribution in [0.1, 0.15) is 12.0 Å². The molecule has 164 valence electrons. The summed E-state index contributed by atoms with van der Waals surface area (Å²) in [6.45, 7) is 2.16. The molecule has 0 fully saturated rings. The van der Waals surface area contributed by atoms with Crippen molar-refractivity contribution >= 4 is 41.5 Å². The Balaban J connectivity index is 0.00000450. The van der Waals surface area contributed by atoms with Crippen molar-refractivity contribution in [3.05, 3.63) is 66.0 Å². The fraction of sp³-hybridized carbons (Fsp3) is 0.364. The number of amides is 1. The number of aliphatic imine (C=N–C) groups is 1. The lowest BCUT2D eigenvalue weighted by molar-refractivity contribution is -0.127. The van der Waals surface area contributed by atoms with Gasteiger partial charge in [0.2, 0.25) is 5.91 Å². The molecule has 0 aromatic heterocycles. The van der Waals surface area contributed by atoms with Crippen molar-refractivity contribution in [1.29, 1.82) is 0 Å². The van der Waals surface area contributed by atoms with Crippen molar-refractivity contribution < 1.29 is 9.18 Å². The minimum Gasteiger partial charge on any atom is -0.375 e. The first kappa shape index (κ1) is 25.7. The van der Waals surface area contributed by atoms with Gasteiger partial charge in [-0.25, -0.2) is 9.38 Å². The predicted molar refractivity (Wildman–Crippen MR) is 132 cm³/mol. The zero-order chi connectivity index (χ0) is 21.1. The van der Waals surface area contributed by atoms with Crippen LogP contribution in [0, 0.1) is 5.82 Å². The Morgan fingerprint density at radius 2 is 1.67 bits per heavy atom. The molecular weight excluding hydrogens is 496 g/mol. The molecule has 0 bridgehead atoms. The van der Waals surface area contributed by atoms with E-state index in [2.05, 4.69) is 39.7 Å². The molecule has 1 amide bonds.